The molecule has 0 aromatic carbocycles. The van der Waals surface area contributed by atoms with Crippen molar-refractivity contribution < 1.29 is 38.2 Å². The summed E-state index contributed by atoms with van der Waals surface area (Å²) in [5, 5.41) is 11.6. The maximum atomic E-state index is 12.7. The van der Waals surface area contributed by atoms with Crippen LogP contribution >= 0.6 is 0 Å². The number of likely N-dealkylation sites (N-methyl/N-ethyl adjacent to an activating group) is 1. The number of aliphatic carboxylic acids is 1. The van der Waals surface area contributed by atoms with Gasteiger partial charge in [0.25, 0.3) is 0 Å². The molecule has 0 amide bonds. The quantitative estimate of drug-likeness (QED) is 0.0266. The number of carbonyl (C=O) groups is 3. The number of rotatable bonds is 38. The third-order valence-corrected chi connectivity index (χ3v) is 9.36. The second-order valence-corrected chi connectivity index (χ2v) is 15.6. The van der Waals surface area contributed by atoms with Crippen molar-refractivity contribution in [3.05, 3.63) is 72.9 Å². The van der Waals surface area contributed by atoms with E-state index in [0.29, 0.717) is 12.8 Å². The monoisotopic (exact) mass is 784 g/mol. The Morgan fingerprint density at radius 2 is 1.00 bits per heavy atom. The van der Waals surface area contributed by atoms with Gasteiger partial charge in [0.1, 0.15) is 12.6 Å². The van der Waals surface area contributed by atoms with E-state index in [1.54, 1.807) is 21.1 Å². The van der Waals surface area contributed by atoms with E-state index in [4.69, 9.17) is 14.2 Å². The van der Waals surface area contributed by atoms with Crippen LogP contribution in [-0.4, -0.2) is 75.5 Å². The Labute approximate surface area is 342 Å². The minimum absolute atomic E-state index is 0.0247. The average molecular weight is 784 g/mol. The molecular weight excluding hydrogens is 703 g/mol. The van der Waals surface area contributed by atoms with E-state index in [1.807, 2.05) is 0 Å². The van der Waals surface area contributed by atoms with Gasteiger partial charge in [0.2, 0.25) is 0 Å². The zero-order valence-corrected chi connectivity index (χ0v) is 36.3. The number of carboxylic acid groups (broad SMARTS) is 1. The molecule has 0 fully saturated rings. The predicted molar refractivity (Wildman–Crippen MR) is 231 cm³/mol. The molecule has 8 heteroatoms. The first-order chi connectivity index (χ1) is 27.1. The lowest BCUT2D eigenvalue weighted by Gasteiger charge is -2.34. The standard InChI is InChI=1S/C48H81NO7/c1-6-8-10-12-14-16-18-19-20-21-22-23-24-25-26-27-28-29-31-33-35-37-39-47(51)56-44(42-54-41-40-45(48(52)53)49(3,4)5)43-55-46(50)38-36-34-32-30-17-15-13-11-9-7-2/h8,10,14,16,19-20,22-23,25-26,28-29,44-45H,6-7,9,11-13,15,17-18,21,24,27,30-43H2,1-5H3/b10-8+,16-14+,20-19+,23-22+,26-25+,29-28+. The normalized spacial score (nSPS) is 13.7. The second kappa shape index (κ2) is 38.6. The Balaban J connectivity index is 4.39. The number of allylic oxidation sites excluding steroid dienone is 12. The minimum atomic E-state index is -1.13. The van der Waals surface area contributed by atoms with Gasteiger partial charge in [0.05, 0.1) is 40.3 Å². The Bertz CT molecular complexity index is 1140. The molecule has 0 spiro atoms. The van der Waals surface area contributed by atoms with Crippen LogP contribution < -0.4 is 5.11 Å². The van der Waals surface area contributed by atoms with Crippen LogP contribution in [0.15, 0.2) is 72.9 Å². The average Bonchev–Trinajstić information content (AvgIpc) is 3.15. The number of hydrogen-bond acceptors (Lipinski definition) is 7. The molecule has 320 valence electrons. The van der Waals surface area contributed by atoms with E-state index in [0.717, 1.165) is 77.0 Å². The fourth-order valence-electron chi connectivity index (χ4n) is 5.95. The Kier molecular flexibility index (Phi) is 36.4. The number of ether oxygens (including phenoxy) is 3. The molecule has 0 bridgehead atoms. The number of carbonyl (C=O) groups excluding carboxylic acids is 3. The highest BCUT2D eigenvalue weighted by Crippen LogP contribution is 2.13. The third-order valence-electron chi connectivity index (χ3n) is 9.36. The second-order valence-electron chi connectivity index (χ2n) is 15.6. The van der Waals surface area contributed by atoms with Gasteiger partial charge in [-0.15, -0.1) is 0 Å². The summed E-state index contributed by atoms with van der Waals surface area (Å²) in [6, 6.07) is -0.734. The van der Waals surface area contributed by atoms with Gasteiger partial charge in [-0.1, -0.05) is 151 Å². The summed E-state index contributed by atoms with van der Waals surface area (Å²) in [6.07, 6.45) is 47.9. The first kappa shape index (κ1) is 52.8. The van der Waals surface area contributed by atoms with Crippen LogP contribution in [-0.2, 0) is 28.6 Å². The van der Waals surface area contributed by atoms with Crippen molar-refractivity contribution in [3.8, 4) is 0 Å². The van der Waals surface area contributed by atoms with Gasteiger partial charge in [0, 0.05) is 19.3 Å². The predicted octanol–water partition coefficient (Wildman–Crippen LogP) is 10.6. The molecule has 0 aliphatic rings. The molecule has 0 aromatic heterocycles. The number of quaternary nitrogens is 1. The molecule has 0 aliphatic heterocycles. The Hall–Kier alpha value is -3.23. The smallest absolute Gasteiger partial charge is 0.306 e. The molecule has 0 saturated heterocycles. The van der Waals surface area contributed by atoms with Gasteiger partial charge in [-0.3, -0.25) is 9.59 Å². The molecule has 0 aliphatic carbocycles. The van der Waals surface area contributed by atoms with Gasteiger partial charge in [0.15, 0.2) is 6.10 Å². The van der Waals surface area contributed by atoms with E-state index in [2.05, 4.69) is 86.8 Å². The SMILES string of the molecule is CC/C=C/C/C=C/C/C=C/C/C=C/C/C=C/C/C=C/CCCCCC(=O)OC(COCCC(C(=O)[O-])[N+](C)(C)C)COC(=O)CCCCCCCCCCCC. The molecular formula is C48H81NO7. The number of hydrogen-bond donors (Lipinski definition) is 0. The highest BCUT2D eigenvalue weighted by Gasteiger charge is 2.25. The van der Waals surface area contributed by atoms with Crippen LogP contribution in [0.4, 0.5) is 0 Å². The summed E-state index contributed by atoms with van der Waals surface area (Å²) in [4.78, 5) is 36.8. The maximum Gasteiger partial charge on any atom is 0.306 e. The summed E-state index contributed by atoms with van der Waals surface area (Å²) in [6.45, 7) is 4.48. The number of unbranched alkanes of at least 4 members (excludes halogenated alkanes) is 12. The first-order valence-corrected chi connectivity index (χ1v) is 22.0. The summed E-state index contributed by atoms with van der Waals surface area (Å²) in [5.41, 5.74) is 0. The van der Waals surface area contributed by atoms with Crippen molar-refractivity contribution in [2.45, 2.75) is 174 Å². The van der Waals surface area contributed by atoms with Crippen molar-refractivity contribution in [2.75, 3.05) is 41.0 Å². The molecule has 0 saturated carbocycles. The van der Waals surface area contributed by atoms with Gasteiger partial charge in [-0.2, -0.15) is 0 Å². The molecule has 56 heavy (non-hydrogen) atoms. The Morgan fingerprint density at radius 3 is 1.48 bits per heavy atom. The topological polar surface area (TPSA) is 102 Å². The fraction of sp³-hybridized carbons (Fsp3) is 0.688. The number of nitrogens with zero attached hydrogens (tertiary/aromatic N) is 1. The molecule has 0 radical (unpaired) electrons. The summed E-state index contributed by atoms with van der Waals surface area (Å²) in [5.74, 6) is -1.79. The highest BCUT2D eigenvalue weighted by molar-refractivity contribution is 5.70. The first-order valence-electron chi connectivity index (χ1n) is 22.0. The van der Waals surface area contributed by atoms with Crippen molar-refractivity contribution in [2.24, 2.45) is 0 Å². The van der Waals surface area contributed by atoms with Gasteiger partial charge >= 0.3 is 11.9 Å². The third kappa shape index (κ3) is 36.4. The zero-order valence-electron chi connectivity index (χ0n) is 36.3. The van der Waals surface area contributed by atoms with Crippen molar-refractivity contribution in [3.63, 3.8) is 0 Å². The Morgan fingerprint density at radius 1 is 0.554 bits per heavy atom. The van der Waals surface area contributed by atoms with Crippen LogP contribution in [0.3, 0.4) is 0 Å². The molecule has 2 atom stereocenters. The van der Waals surface area contributed by atoms with Crippen LogP contribution in [0, 0.1) is 0 Å². The zero-order chi connectivity index (χ0) is 41.4. The minimum Gasteiger partial charge on any atom is -0.544 e. The number of carboxylic acids is 1. The summed E-state index contributed by atoms with van der Waals surface area (Å²) < 4.78 is 17.1. The van der Waals surface area contributed by atoms with Gasteiger partial charge in [-0.05, 0) is 64.2 Å². The maximum absolute atomic E-state index is 12.7. The largest absolute Gasteiger partial charge is 0.544 e. The molecule has 0 N–H and O–H groups in total. The van der Waals surface area contributed by atoms with Crippen molar-refractivity contribution >= 4 is 17.9 Å². The lowest BCUT2D eigenvalue weighted by Crippen LogP contribution is -2.55. The van der Waals surface area contributed by atoms with Crippen LogP contribution in [0.25, 0.3) is 0 Å². The van der Waals surface area contributed by atoms with Crippen molar-refractivity contribution in [1.29, 1.82) is 0 Å². The van der Waals surface area contributed by atoms with Gasteiger partial charge in [-0.25, -0.2) is 0 Å². The molecule has 0 heterocycles. The molecule has 8 nitrogen and oxygen atoms in total. The lowest BCUT2D eigenvalue weighted by atomic mass is 10.1. The molecule has 0 rings (SSSR count). The van der Waals surface area contributed by atoms with Crippen molar-refractivity contribution in [1.82, 2.24) is 0 Å². The summed E-state index contributed by atoms with van der Waals surface area (Å²) in [7, 11) is 5.38. The van der Waals surface area contributed by atoms with Crippen LogP contribution in [0.2, 0.25) is 0 Å². The lowest BCUT2D eigenvalue weighted by molar-refractivity contribution is -0.889. The van der Waals surface area contributed by atoms with Gasteiger partial charge < -0.3 is 28.6 Å². The summed E-state index contributed by atoms with van der Waals surface area (Å²) >= 11 is 0. The van der Waals surface area contributed by atoms with E-state index < -0.39 is 18.1 Å². The van der Waals surface area contributed by atoms with E-state index in [9.17, 15) is 19.5 Å². The molecule has 0 aromatic rings. The number of esters is 2. The van der Waals surface area contributed by atoms with Crippen LogP contribution in [0.1, 0.15) is 162 Å². The van der Waals surface area contributed by atoms with E-state index >= 15 is 0 Å². The fourth-order valence-corrected chi connectivity index (χ4v) is 5.95. The molecule has 2 unspecified atom stereocenters. The highest BCUT2D eigenvalue weighted by atomic mass is 16.6. The van der Waals surface area contributed by atoms with Crippen LogP contribution in [0.5, 0.6) is 0 Å². The van der Waals surface area contributed by atoms with E-state index in [-0.39, 0.29) is 49.1 Å². The van der Waals surface area contributed by atoms with E-state index in [1.165, 1.54) is 44.9 Å².